The molecule has 0 aliphatic rings. The Morgan fingerprint density at radius 2 is 2.06 bits per heavy atom. The van der Waals surface area contributed by atoms with Crippen LogP contribution in [0.5, 0.6) is 0 Å². The zero-order valence-electron chi connectivity index (χ0n) is 10.3. The molecule has 0 saturated heterocycles. The van der Waals surface area contributed by atoms with Gasteiger partial charge >= 0.3 is 0 Å². The predicted molar refractivity (Wildman–Crippen MR) is 67.4 cm³/mol. The van der Waals surface area contributed by atoms with Crippen LogP contribution in [-0.2, 0) is 13.1 Å². The van der Waals surface area contributed by atoms with Crippen molar-refractivity contribution in [3.63, 3.8) is 0 Å². The maximum Gasteiger partial charge on any atom is 0.0948 e. The van der Waals surface area contributed by atoms with Crippen molar-refractivity contribution in [3.05, 3.63) is 48.3 Å². The van der Waals surface area contributed by atoms with Crippen LogP contribution in [0.4, 0.5) is 0 Å². The van der Waals surface area contributed by atoms with E-state index in [4.69, 9.17) is 0 Å². The van der Waals surface area contributed by atoms with Gasteiger partial charge in [-0.2, -0.15) is 0 Å². The minimum absolute atomic E-state index is 0.318. The van der Waals surface area contributed by atoms with Gasteiger partial charge in [0.15, 0.2) is 0 Å². The zero-order chi connectivity index (χ0) is 12.1. The van der Waals surface area contributed by atoms with Crippen LogP contribution in [0.2, 0.25) is 0 Å². The Morgan fingerprint density at radius 1 is 1.29 bits per heavy atom. The normalized spacial score (nSPS) is 12.6. The largest absolute Gasteiger partial charge is 0.334 e. The highest BCUT2D eigenvalue weighted by Crippen LogP contribution is 2.11. The van der Waals surface area contributed by atoms with Crippen molar-refractivity contribution >= 4 is 0 Å². The van der Waals surface area contributed by atoms with E-state index in [0.29, 0.717) is 6.04 Å². The monoisotopic (exact) mass is 230 g/mol. The van der Waals surface area contributed by atoms with Gasteiger partial charge in [0, 0.05) is 37.7 Å². The average Bonchev–Trinajstić information content (AvgIpc) is 2.84. The number of imidazole rings is 1. The summed E-state index contributed by atoms with van der Waals surface area (Å²) in [5, 5.41) is 3.49. The Labute approximate surface area is 102 Å². The van der Waals surface area contributed by atoms with Crippen LogP contribution >= 0.6 is 0 Å². The van der Waals surface area contributed by atoms with Crippen molar-refractivity contribution in [3.8, 4) is 0 Å². The molecule has 2 aromatic rings. The predicted octanol–water partition coefficient (Wildman–Crippen LogP) is 2.15. The number of hydrogen-bond donors (Lipinski definition) is 1. The van der Waals surface area contributed by atoms with E-state index in [0.717, 1.165) is 13.1 Å². The summed E-state index contributed by atoms with van der Waals surface area (Å²) in [5.41, 5.74) is 2.47. The van der Waals surface area contributed by atoms with Crippen molar-refractivity contribution in [1.29, 1.82) is 0 Å². The maximum atomic E-state index is 4.16. The van der Waals surface area contributed by atoms with E-state index < -0.39 is 0 Å². The highest BCUT2D eigenvalue weighted by atomic mass is 15.1. The molecule has 2 aromatic heterocycles. The van der Waals surface area contributed by atoms with Crippen LogP contribution < -0.4 is 5.32 Å². The highest BCUT2D eigenvalue weighted by molar-refractivity contribution is 5.14. The van der Waals surface area contributed by atoms with Crippen molar-refractivity contribution in [2.24, 2.45) is 0 Å². The Hall–Kier alpha value is -1.68. The molecular weight excluding hydrogens is 212 g/mol. The highest BCUT2D eigenvalue weighted by Gasteiger charge is 2.06. The number of pyridine rings is 1. The van der Waals surface area contributed by atoms with Crippen molar-refractivity contribution in [2.45, 2.75) is 33.0 Å². The lowest BCUT2D eigenvalue weighted by Crippen LogP contribution is -2.19. The molecule has 0 saturated carbocycles. The average molecular weight is 230 g/mol. The zero-order valence-corrected chi connectivity index (χ0v) is 10.3. The topological polar surface area (TPSA) is 42.7 Å². The molecule has 4 nitrogen and oxygen atoms in total. The molecule has 0 spiro atoms. The Bertz CT molecular complexity index is 449. The van der Waals surface area contributed by atoms with E-state index in [1.807, 2.05) is 37.1 Å². The van der Waals surface area contributed by atoms with Crippen LogP contribution in [0.15, 0.2) is 37.1 Å². The number of rotatable bonds is 5. The lowest BCUT2D eigenvalue weighted by atomic mass is 10.1. The molecule has 0 aliphatic carbocycles. The number of aryl methyl sites for hydroxylation is 1. The Morgan fingerprint density at radius 3 is 2.76 bits per heavy atom. The number of nitrogens with one attached hydrogen (secondary N) is 1. The molecule has 0 aliphatic heterocycles. The van der Waals surface area contributed by atoms with Gasteiger partial charge in [0.2, 0.25) is 0 Å². The molecule has 1 atom stereocenters. The van der Waals surface area contributed by atoms with E-state index in [-0.39, 0.29) is 0 Å². The van der Waals surface area contributed by atoms with Gasteiger partial charge in [-0.3, -0.25) is 4.98 Å². The summed E-state index contributed by atoms with van der Waals surface area (Å²) < 4.78 is 2.15. The van der Waals surface area contributed by atoms with Crippen molar-refractivity contribution in [2.75, 3.05) is 0 Å². The number of nitrogens with zero attached hydrogens (tertiary/aromatic N) is 3. The molecule has 0 unspecified atom stereocenters. The molecule has 4 heteroatoms. The molecule has 90 valence electrons. The second-order valence-corrected chi connectivity index (χ2v) is 4.05. The molecule has 17 heavy (non-hydrogen) atoms. The number of hydrogen-bond acceptors (Lipinski definition) is 3. The van der Waals surface area contributed by atoms with Gasteiger partial charge in [0.05, 0.1) is 12.0 Å². The fourth-order valence-electron chi connectivity index (χ4n) is 1.81. The molecule has 1 N–H and O–H groups in total. The Kier molecular flexibility index (Phi) is 3.88. The van der Waals surface area contributed by atoms with Crippen molar-refractivity contribution in [1.82, 2.24) is 19.9 Å². The molecule has 2 heterocycles. The SMILES string of the molecule is CCn1cncc1CN[C@@H](C)c1ccncc1. The quantitative estimate of drug-likeness (QED) is 0.855. The maximum absolute atomic E-state index is 4.16. The third-order valence-electron chi connectivity index (χ3n) is 2.93. The minimum atomic E-state index is 0.318. The molecule has 0 aromatic carbocycles. The van der Waals surface area contributed by atoms with Gasteiger partial charge < -0.3 is 9.88 Å². The molecule has 2 rings (SSSR count). The van der Waals surface area contributed by atoms with Crippen molar-refractivity contribution < 1.29 is 0 Å². The third kappa shape index (κ3) is 2.91. The van der Waals surface area contributed by atoms with Crippen LogP contribution in [0.1, 0.15) is 31.1 Å². The van der Waals surface area contributed by atoms with Gasteiger partial charge in [0.1, 0.15) is 0 Å². The molecular formula is C13H18N4. The molecule has 0 radical (unpaired) electrons. The first-order valence-corrected chi connectivity index (χ1v) is 5.93. The van der Waals surface area contributed by atoms with Crippen LogP contribution in [0, 0.1) is 0 Å². The lowest BCUT2D eigenvalue weighted by molar-refractivity contribution is 0.549. The summed E-state index contributed by atoms with van der Waals surface area (Å²) in [4.78, 5) is 8.18. The van der Waals surface area contributed by atoms with E-state index >= 15 is 0 Å². The summed E-state index contributed by atoms with van der Waals surface area (Å²) in [6.07, 6.45) is 7.43. The third-order valence-corrected chi connectivity index (χ3v) is 2.93. The fraction of sp³-hybridized carbons (Fsp3) is 0.385. The molecule has 0 bridgehead atoms. The standard InChI is InChI=1S/C13H18N4/c1-3-17-10-15-8-13(17)9-16-11(2)12-4-6-14-7-5-12/h4-8,10-11,16H,3,9H2,1-2H3/t11-/m0/s1. The first-order valence-electron chi connectivity index (χ1n) is 5.93. The summed E-state index contributed by atoms with van der Waals surface area (Å²) in [6.45, 7) is 6.07. The van der Waals surface area contributed by atoms with Gasteiger partial charge in [0.25, 0.3) is 0 Å². The summed E-state index contributed by atoms with van der Waals surface area (Å²) >= 11 is 0. The second-order valence-electron chi connectivity index (χ2n) is 4.05. The second kappa shape index (κ2) is 5.59. The summed E-state index contributed by atoms with van der Waals surface area (Å²) in [5.74, 6) is 0. The van der Waals surface area contributed by atoms with E-state index in [9.17, 15) is 0 Å². The first kappa shape index (κ1) is 11.8. The smallest absolute Gasteiger partial charge is 0.0948 e. The van der Waals surface area contributed by atoms with Crippen LogP contribution in [-0.4, -0.2) is 14.5 Å². The van der Waals surface area contributed by atoms with Gasteiger partial charge in [-0.25, -0.2) is 4.98 Å². The van der Waals surface area contributed by atoms with E-state index in [2.05, 4.69) is 33.7 Å². The molecule has 0 amide bonds. The summed E-state index contributed by atoms with van der Waals surface area (Å²) in [6, 6.07) is 4.39. The van der Waals surface area contributed by atoms with E-state index in [1.165, 1.54) is 11.3 Å². The van der Waals surface area contributed by atoms with Gasteiger partial charge in [-0.15, -0.1) is 0 Å². The van der Waals surface area contributed by atoms with Gasteiger partial charge in [-0.1, -0.05) is 0 Å². The fourth-order valence-corrected chi connectivity index (χ4v) is 1.81. The lowest BCUT2D eigenvalue weighted by Gasteiger charge is -2.14. The van der Waals surface area contributed by atoms with Crippen LogP contribution in [0.3, 0.4) is 0 Å². The Balaban J connectivity index is 1.95. The minimum Gasteiger partial charge on any atom is -0.334 e. The first-order chi connectivity index (χ1) is 8.31. The van der Waals surface area contributed by atoms with Crippen LogP contribution in [0.25, 0.3) is 0 Å². The number of aromatic nitrogens is 3. The van der Waals surface area contributed by atoms with Gasteiger partial charge in [-0.05, 0) is 31.5 Å². The molecule has 0 fully saturated rings. The summed E-state index contributed by atoms with van der Waals surface area (Å²) in [7, 11) is 0. The van der Waals surface area contributed by atoms with E-state index in [1.54, 1.807) is 0 Å².